The van der Waals surface area contributed by atoms with Crippen LogP contribution in [0.3, 0.4) is 0 Å². The number of carbonyl (C=O) groups is 2. The second-order valence-electron chi connectivity index (χ2n) is 10.8. The Kier molecular flexibility index (Phi) is 10.5. The third kappa shape index (κ3) is 8.05. The van der Waals surface area contributed by atoms with E-state index in [4.69, 9.17) is 23.2 Å². The molecule has 0 saturated heterocycles. The number of hydrogen-bond acceptors (Lipinski definition) is 4. The summed E-state index contributed by atoms with van der Waals surface area (Å²) in [4.78, 5) is 28.3. The summed E-state index contributed by atoms with van der Waals surface area (Å²) in [6, 6.07) is 13.8. The van der Waals surface area contributed by atoms with Gasteiger partial charge in [0.05, 0.1) is 21.2 Å². The second-order valence-corrected chi connectivity index (χ2v) is 13.5. The minimum absolute atomic E-state index is 0.0364. The molecule has 13 heteroatoms. The van der Waals surface area contributed by atoms with Gasteiger partial charge in [0.2, 0.25) is 11.8 Å². The minimum Gasteiger partial charge on any atom is -0.352 e. The van der Waals surface area contributed by atoms with E-state index in [0.717, 1.165) is 43.4 Å². The Morgan fingerprint density at radius 2 is 1.59 bits per heavy atom. The van der Waals surface area contributed by atoms with Crippen molar-refractivity contribution in [1.29, 1.82) is 0 Å². The molecule has 44 heavy (non-hydrogen) atoms. The number of aryl methyl sites for hydroxylation is 1. The van der Waals surface area contributed by atoms with Crippen LogP contribution in [0.5, 0.6) is 0 Å². The van der Waals surface area contributed by atoms with Crippen molar-refractivity contribution in [3.8, 4) is 0 Å². The number of nitrogens with one attached hydrogen (secondary N) is 1. The van der Waals surface area contributed by atoms with Crippen LogP contribution in [0.15, 0.2) is 71.6 Å². The van der Waals surface area contributed by atoms with Crippen LogP contribution >= 0.6 is 23.2 Å². The SMILES string of the molecule is Cc1ccc(S(=O)(=O)N(CC(=O)N(Cc2ccc(Cl)cc2)[C@H](C)C(=O)NC2CCCC2)c2ccc(Cl)c(C(F)(F)F)c2)cc1. The summed E-state index contributed by atoms with van der Waals surface area (Å²) in [7, 11) is -4.56. The first-order valence-electron chi connectivity index (χ1n) is 14.0. The lowest BCUT2D eigenvalue weighted by molar-refractivity contribution is -0.139. The van der Waals surface area contributed by atoms with Crippen molar-refractivity contribution < 1.29 is 31.2 Å². The molecule has 0 aliphatic heterocycles. The van der Waals surface area contributed by atoms with E-state index in [9.17, 15) is 31.2 Å². The number of anilines is 1. The Hall–Kier alpha value is -3.28. The van der Waals surface area contributed by atoms with Gasteiger partial charge in [-0.3, -0.25) is 13.9 Å². The largest absolute Gasteiger partial charge is 0.417 e. The Labute approximate surface area is 265 Å². The molecule has 1 atom stereocenters. The number of sulfonamides is 1. The summed E-state index contributed by atoms with van der Waals surface area (Å²) in [5.41, 5.74) is -0.295. The summed E-state index contributed by atoms with van der Waals surface area (Å²) in [5, 5.41) is 2.79. The first kappa shape index (κ1) is 33.6. The van der Waals surface area contributed by atoms with E-state index in [1.54, 1.807) is 31.2 Å². The first-order chi connectivity index (χ1) is 20.7. The van der Waals surface area contributed by atoms with Gasteiger partial charge in [-0.15, -0.1) is 0 Å². The Balaban J connectivity index is 1.75. The standard InChI is InChI=1S/C31H32Cl2F3N3O4S/c1-20-7-14-26(15-8-20)44(42,43)39(25-13-16-28(33)27(17-25)31(34,35)36)19-29(40)38(18-22-9-11-23(32)12-10-22)21(2)30(41)37-24-5-3-4-6-24/h7-17,21,24H,3-6,18-19H2,1-2H3,(H,37,41)/t21-/m1/s1. The molecule has 0 heterocycles. The van der Waals surface area contributed by atoms with E-state index in [1.165, 1.54) is 36.1 Å². The van der Waals surface area contributed by atoms with Crippen LogP contribution in [-0.2, 0) is 32.3 Å². The highest BCUT2D eigenvalue weighted by atomic mass is 35.5. The second kappa shape index (κ2) is 13.8. The molecule has 7 nitrogen and oxygen atoms in total. The molecule has 1 aliphatic carbocycles. The van der Waals surface area contributed by atoms with Crippen molar-refractivity contribution in [3.05, 3.63) is 93.5 Å². The zero-order valence-electron chi connectivity index (χ0n) is 24.1. The number of halogens is 5. The maximum absolute atomic E-state index is 14.0. The molecule has 1 saturated carbocycles. The molecule has 0 unspecified atom stereocenters. The fourth-order valence-electron chi connectivity index (χ4n) is 5.01. The highest BCUT2D eigenvalue weighted by Crippen LogP contribution is 2.38. The van der Waals surface area contributed by atoms with Crippen LogP contribution < -0.4 is 9.62 Å². The molecule has 3 aromatic carbocycles. The van der Waals surface area contributed by atoms with E-state index in [0.29, 0.717) is 21.0 Å². The molecule has 0 spiro atoms. The van der Waals surface area contributed by atoms with E-state index in [-0.39, 0.29) is 17.5 Å². The van der Waals surface area contributed by atoms with Gasteiger partial charge in [-0.1, -0.05) is 65.9 Å². The quantitative estimate of drug-likeness (QED) is 0.252. The first-order valence-corrected chi connectivity index (χ1v) is 16.2. The summed E-state index contributed by atoms with van der Waals surface area (Å²) < 4.78 is 69.9. The molecule has 0 aromatic heterocycles. The van der Waals surface area contributed by atoms with Crippen LogP contribution in [0.25, 0.3) is 0 Å². The average Bonchev–Trinajstić information content (AvgIpc) is 3.48. The molecule has 0 bridgehead atoms. The maximum Gasteiger partial charge on any atom is 0.417 e. The van der Waals surface area contributed by atoms with Crippen LogP contribution in [0.1, 0.15) is 49.3 Å². The van der Waals surface area contributed by atoms with E-state index >= 15 is 0 Å². The van der Waals surface area contributed by atoms with Gasteiger partial charge in [0.1, 0.15) is 12.6 Å². The Morgan fingerprint density at radius 1 is 0.977 bits per heavy atom. The predicted molar refractivity (Wildman–Crippen MR) is 164 cm³/mol. The molecule has 1 fully saturated rings. The average molecular weight is 671 g/mol. The molecule has 1 aliphatic rings. The summed E-state index contributed by atoms with van der Waals surface area (Å²) in [6.07, 6.45) is -1.32. The van der Waals surface area contributed by atoms with Gasteiger partial charge in [0, 0.05) is 17.6 Å². The third-order valence-electron chi connectivity index (χ3n) is 7.57. The van der Waals surface area contributed by atoms with Crippen molar-refractivity contribution in [2.24, 2.45) is 0 Å². The summed E-state index contributed by atoms with van der Waals surface area (Å²) in [5.74, 6) is -1.22. The molecule has 4 rings (SSSR count). The summed E-state index contributed by atoms with van der Waals surface area (Å²) in [6.45, 7) is 2.31. The number of benzene rings is 3. The molecule has 3 aromatic rings. The number of amides is 2. The normalized spacial score (nSPS) is 14.7. The van der Waals surface area contributed by atoms with Crippen molar-refractivity contribution >= 4 is 50.7 Å². The predicted octanol–water partition coefficient (Wildman–Crippen LogP) is 6.99. The number of rotatable bonds is 10. The van der Waals surface area contributed by atoms with E-state index in [2.05, 4.69) is 5.32 Å². The Bertz CT molecular complexity index is 1590. The molecular formula is C31H32Cl2F3N3O4S. The third-order valence-corrected chi connectivity index (χ3v) is 9.94. The fourth-order valence-corrected chi connectivity index (χ4v) is 6.77. The number of carbonyl (C=O) groups excluding carboxylic acids is 2. The lowest BCUT2D eigenvalue weighted by Crippen LogP contribution is -2.52. The monoisotopic (exact) mass is 669 g/mol. The molecular weight excluding hydrogens is 638 g/mol. The number of hydrogen-bond donors (Lipinski definition) is 1. The number of alkyl halides is 3. The van der Waals surface area contributed by atoms with E-state index in [1.807, 2.05) is 0 Å². The summed E-state index contributed by atoms with van der Waals surface area (Å²) >= 11 is 11.8. The van der Waals surface area contributed by atoms with Crippen molar-refractivity contribution in [2.45, 2.75) is 69.2 Å². The van der Waals surface area contributed by atoms with Gasteiger partial charge in [-0.05, 0) is 74.7 Å². The van der Waals surface area contributed by atoms with Gasteiger partial charge in [-0.25, -0.2) is 8.42 Å². The number of nitrogens with zero attached hydrogens (tertiary/aromatic N) is 2. The van der Waals surface area contributed by atoms with Crippen molar-refractivity contribution in [3.63, 3.8) is 0 Å². The van der Waals surface area contributed by atoms with E-state index < -0.39 is 56.9 Å². The van der Waals surface area contributed by atoms with Gasteiger partial charge in [-0.2, -0.15) is 13.2 Å². The van der Waals surface area contributed by atoms with Crippen LogP contribution in [0, 0.1) is 6.92 Å². The maximum atomic E-state index is 14.0. The highest BCUT2D eigenvalue weighted by molar-refractivity contribution is 7.92. The lowest BCUT2D eigenvalue weighted by atomic mass is 10.1. The molecule has 236 valence electrons. The Morgan fingerprint density at radius 3 is 2.18 bits per heavy atom. The van der Waals surface area contributed by atoms with Crippen molar-refractivity contribution in [1.82, 2.24) is 10.2 Å². The highest BCUT2D eigenvalue weighted by Gasteiger charge is 2.37. The topological polar surface area (TPSA) is 86.8 Å². The van der Waals surface area contributed by atoms with Gasteiger partial charge >= 0.3 is 6.18 Å². The zero-order valence-corrected chi connectivity index (χ0v) is 26.4. The zero-order chi connectivity index (χ0) is 32.2. The molecule has 2 amide bonds. The van der Waals surface area contributed by atoms with Crippen molar-refractivity contribution in [2.75, 3.05) is 10.8 Å². The fraction of sp³-hybridized carbons (Fsp3) is 0.355. The van der Waals surface area contributed by atoms with Crippen LogP contribution in [0.4, 0.5) is 18.9 Å². The van der Waals surface area contributed by atoms with Gasteiger partial charge < -0.3 is 10.2 Å². The smallest absolute Gasteiger partial charge is 0.352 e. The van der Waals surface area contributed by atoms with Gasteiger partial charge in [0.15, 0.2) is 0 Å². The molecule has 0 radical (unpaired) electrons. The van der Waals surface area contributed by atoms with Crippen LogP contribution in [-0.4, -0.2) is 43.8 Å². The minimum atomic E-state index is -4.89. The molecule has 1 N–H and O–H groups in total. The lowest BCUT2D eigenvalue weighted by Gasteiger charge is -2.32. The van der Waals surface area contributed by atoms with Gasteiger partial charge in [0.25, 0.3) is 10.0 Å². The van der Waals surface area contributed by atoms with Crippen LogP contribution in [0.2, 0.25) is 10.0 Å².